The third-order valence-corrected chi connectivity index (χ3v) is 16.9. The molecule has 0 heterocycles. The van der Waals surface area contributed by atoms with Crippen LogP contribution in [0.5, 0.6) is 0 Å². The molecule has 0 atom stereocenters. The molecule has 462 valence electrons. The van der Waals surface area contributed by atoms with Gasteiger partial charge in [-0.25, -0.2) is 0 Å². The van der Waals surface area contributed by atoms with E-state index in [0.29, 0.717) is 17.8 Å². The molecule has 8 aromatic rings. The van der Waals surface area contributed by atoms with Gasteiger partial charge in [0, 0.05) is 5.02 Å². The molecule has 0 aliphatic heterocycles. The van der Waals surface area contributed by atoms with E-state index in [1.54, 1.807) is 0 Å². The van der Waals surface area contributed by atoms with Gasteiger partial charge in [-0.05, 0) is 283 Å². The lowest BCUT2D eigenvalue weighted by Crippen LogP contribution is -2.12. The minimum Gasteiger partial charge on any atom is -0.0955 e. The first-order valence-electron chi connectivity index (χ1n) is 30.9. The number of hydrogen-bond donors (Lipinski definition) is 0. The van der Waals surface area contributed by atoms with E-state index in [0.717, 1.165) is 17.0 Å². The fourth-order valence-electron chi connectivity index (χ4n) is 10.0. The fraction of sp³-hybridized carbons (Fsp3) is 0.405. The largest absolute Gasteiger partial charge is 0.0955 e. The Kier molecular flexibility index (Phi) is 35.9. The third kappa shape index (κ3) is 26.9. The topological polar surface area (TPSA) is 0 Å². The molecule has 0 fully saturated rings. The Bertz CT molecular complexity index is 3130. The van der Waals surface area contributed by atoms with Gasteiger partial charge in [0.2, 0.25) is 0 Å². The lowest BCUT2D eigenvalue weighted by atomic mass is 9.84. The van der Waals surface area contributed by atoms with E-state index in [1.807, 2.05) is 26.0 Å². The molecule has 0 amide bonds. The van der Waals surface area contributed by atoms with Crippen LogP contribution in [0, 0.1) is 118 Å². The molecular formula is C84H119Cl. The zero-order chi connectivity index (χ0) is 64.3. The van der Waals surface area contributed by atoms with Gasteiger partial charge in [0.25, 0.3) is 0 Å². The van der Waals surface area contributed by atoms with Gasteiger partial charge in [0.15, 0.2) is 0 Å². The fourth-order valence-corrected chi connectivity index (χ4v) is 10.2. The summed E-state index contributed by atoms with van der Waals surface area (Å²) in [7, 11) is 0. The molecule has 0 saturated heterocycles. The number of benzene rings is 8. The van der Waals surface area contributed by atoms with Crippen molar-refractivity contribution in [2.75, 3.05) is 0 Å². The predicted molar refractivity (Wildman–Crippen MR) is 389 cm³/mol. The zero-order valence-electron chi connectivity index (χ0n) is 58.4. The van der Waals surface area contributed by atoms with Crippen molar-refractivity contribution in [1.29, 1.82) is 0 Å². The Morgan fingerprint density at radius 2 is 0.706 bits per heavy atom. The molecule has 0 aliphatic carbocycles. The first-order valence-corrected chi connectivity index (χ1v) is 31.3. The molecule has 0 bridgehead atoms. The van der Waals surface area contributed by atoms with Gasteiger partial charge in [-0.2, -0.15) is 0 Å². The Morgan fingerprint density at radius 1 is 0.376 bits per heavy atom. The van der Waals surface area contributed by atoms with E-state index in [4.69, 9.17) is 11.6 Å². The van der Waals surface area contributed by atoms with Crippen LogP contribution >= 0.6 is 11.6 Å². The second-order valence-electron chi connectivity index (χ2n) is 25.3. The molecule has 0 saturated carbocycles. The van der Waals surface area contributed by atoms with E-state index in [1.165, 1.54) is 128 Å². The molecular weight excluding hydrogens is 1040 g/mol. The molecule has 0 aliphatic rings. The average molecular weight is 1160 g/mol. The lowest BCUT2D eigenvalue weighted by Gasteiger charge is -2.21. The first-order chi connectivity index (χ1) is 39.1. The van der Waals surface area contributed by atoms with Gasteiger partial charge in [0.05, 0.1) is 0 Å². The minimum atomic E-state index is 0. The second kappa shape index (κ2) is 38.8. The summed E-state index contributed by atoms with van der Waals surface area (Å²) in [5.41, 5.74) is 33.5. The van der Waals surface area contributed by atoms with Gasteiger partial charge >= 0.3 is 0 Å². The van der Waals surface area contributed by atoms with Crippen LogP contribution in [0.3, 0.4) is 0 Å². The van der Waals surface area contributed by atoms with Gasteiger partial charge in [-0.15, -0.1) is 0 Å². The standard InChI is InChI=1S/C13H20.2C11H16.C11H14.2C10H14.C9H12.C8H9Cl.CH4/c1-9(2)12-7-6-8-13(10(3)4)11(12)5;1-9-7-5-6-8-10(9)11(2,3)4;2*1-8(2)11-7-5-6-9(3)10(11)4;1-7-5-8(2)10(4)9(3)6-7;1-4-10-7-5-6-8(2)9(10)3;1-7-5-4-6-8(2)9(7)3;1-6-4-3-5-8(9)7(6)2;/h6-10H,1-5H3;2*5-8H,1-4H3;5-7H,1H2,2-4H3;5-6H,1-4H3;5-7H,4H2,1-3H3;4-6H,1-3H3;3-5H,1-2H3;1H4. The highest BCUT2D eigenvalue weighted by Crippen LogP contribution is 2.28. The molecule has 0 radical (unpaired) electrons. The van der Waals surface area contributed by atoms with Crippen molar-refractivity contribution in [1.82, 2.24) is 0 Å². The monoisotopic (exact) mass is 1160 g/mol. The molecule has 8 aromatic carbocycles. The maximum absolute atomic E-state index is 5.81. The van der Waals surface area contributed by atoms with Gasteiger partial charge in [0.1, 0.15) is 0 Å². The minimum absolute atomic E-state index is 0. The number of aryl methyl sites for hydroxylation is 11. The van der Waals surface area contributed by atoms with Crippen LogP contribution in [-0.2, 0) is 11.8 Å². The summed E-state index contributed by atoms with van der Waals surface area (Å²) in [5, 5.41) is 0.856. The third-order valence-electron chi connectivity index (χ3n) is 16.5. The molecule has 0 aromatic heterocycles. The number of halogens is 1. The Labute approximate surface area is 530 Å². The summed E-state index contributed by atoms with van der Waals surface area (Å²) in [6.07, 6.45) is 1.15. The summed E-state index contributed by atoms with van der Waals surface area (Å²) >= 11 is 5.81. The van der Waals surface area contributed by atoms with Crippen molar-refractivity contribution >= 4 is 17.2 Å². The number of rotatable bonds is 5. The number of allylic oxidation sites excluding steroid dienone is 1. The van der Waals surface area contributed by atoms with Crippen molar-refractivity contribution in [3.63, 3.8) is 0 Å². The normalized spacial score (nSPS) is 10.3. The van der Waals surface area contributed by atoms with Gasteiger partial charge in [-0.1, -0.05) is 246 Å². The van der Waals surface area contributed by atoms with E-state index in [2.05, 4.69) is 320 Å². The van der Waals surface area contributed by atoms with Crippen molar-refractivity contribution in [2.45, 2.75) is 231 Å². The molecule has 0 nitrogen and oxygen atoms in total. The maximum Gasteiger partial charge on any atom is 0.0437 e. The Hall–Kier alpha value is -6.21. The van der Waals surface area contributed by atoms with Crippen molar-refractivity contribution < 1.29 is 0 Å². The van der Waals surface area contributed by atoms with E-state index in [9.17, 15) is 0 Å². The van der Waals surface area contributed by atoms with Crippen molar-refractivity contribution in [3.05, 3.63) is 285 Å². The van der Waals surface area contributed by atoms with Crippen molar-refractivity contribution in [3.8, 4) is 0 Å². The van der Waals surface area contributed by atoms with Crippen LogP contribution < -0.4 is 0 Å². The second-order valence-corrected chi connectivity index (χ2v) is 25.7. The van der Waals surface area contributed by atoms with Gasteiger partial charge < -0.3 is 0 Å². The Balaban J connectivity index is 0.000000949. The van der Waals surface area contributed by atoms with E-state index in [-0.39, 0.29) is 12.8 Å². The zero-order valence-corrected chi connectivity index (χ0v) is 59.1. The first kappa shape index (κ1) is 78.8. The molecule has 0 spiro atoms. The highest BCUT2D eigenvalue weighted by Gasteiger charge is 2.15. The maximum atomic E-state index is 5.81. The molecule has 0 unspecified atom stereocenters. The van der Waals surface area contributed by atoms with E-state index >= 15 is 0 Å². The predicted octanol–water partition coefficient (Wildman–Crippen LogP) is 26.3. The van der Waals surface area contributed by atoms with Crippen LogP contribution in [0.15, 0.2) is 152 Å². The summed E-state index contributed by atoms with van der Waals surface area (Å²) in [6.45, 7) is 64.9. The van der Waals surface area contributed by atoms with E-state index < -0.39 is 0 Å². The summed E-state index contributed by atoms with van der Waals surface area (Å²) < 4.78 is 0. The smallest absolute Gasteiger partial charge is 0.0437 e. The van der Waals surface area contributed by atoms with Crippen LogP contribution in [0.1, 0.15) is 229 Å². The summed E-state index contributed by atoms with van der Waals surface area (Å²) in [5.74, 6) is 1.92. The lowest BCUT2D eigenvalue weighted by molar-refractivity contribution is 0.586. The molecule has 85 heavy (non-hydrogen) atoms. The molecule has 0 N–H and O–H groups in total. The van der Waals surface area contributed by atoms with Crippen LogP contribution in [0.4, 0.5) is 0 Å². The van der Waals surface area contributed by atoms with Crippen LogP contribution in [0.2, 0.25) is 5.02 Å². The molecule has 8 rings (SSSR count). The summed E-state index contributed by atoms with van der Waals surface area (Å²) in [4.78, 5) is 0. The highest BCUT2D eigenvalue weighted by molar-refractivity contribution is 6.31. The number of hydrogen-bond acceptors (Lipinski definition) is 0. The summed E-state index contributed by atoms with van der Waals surface area (Å²) in [6, 6.07) is 51.3. The average Bonchev–Trinajstić information content (AvgIpc) is 3.57. The van der Waals surface area contributed by atoms with Crippen LogP contribution in [-0.4, -0.2) is 0 Å². The highest BCUT2D eigenvalue weighted by atomic mass is 35.5. The molecule has 1 heteroatoms. The van der Waals surface area contributed by atoms with Gasteiger partial charge in [-0.3, -0.25) is 0 Å². The quantitative estimate of drug-likeness (QED) is 0.161. The van der Waals surface area contributed by atoms with Crippen LogP contribution in [0.25, 0.3) is 5.57 Å². The SMILES string of the molecule is C.C=C(C)c1cccc(C)c1C.CCc1cccc(C)c1C.Cc1c(C(C)C)cccc1C(C)C.Cc1cc(C)c(C)c(C)c1.Cc1cccc(C(C)C)c1C.Cc1cccc(C)c1C.Cc1cccc(Cl)c1C.Cc1ccccc1C(C)(C)C. The Morgan fingerprint density at radius 3 is 1.05 bits per heavy atom. The van der Waals surface area contributed by atoms with Crippen molar-refractivity contribution in [2.24, 2.45) is 0 Å².